The molecule has 1 heterocycles. The first kappa shape index (κ1) is 12.0. The van der Waals surface area contributed by atoms with Gasteiger partial charge in [-0.2, -0.15) is 4.31 Å². The van der Waals surface area contributed by atoms with Crippen molar-refractivity contribution in [1.29, 1.82) is 0 Å². The molecule has 0 saturated carbocycles. The van der Waals surface area contributed by atoms with Crippen LogP contribution in [0.25, 0.3) is 0 Å². The second-order valence-corrected chi connectivity index (χ2v) is 6.13. The monoisotopic (exact) mass is 219 g/mol. The third kappa shape index (κ3) is 2.28. The second-order valence-electron chi connectivity index (χ2n) is 4.13. The molecule has 84 valence electrons. The zero-order chi connectivity index (χ0) is 10.8. The highest BCUT2D eigenvalue weighted by atomic mass is 32.2. The molecular weight excluding hydrogens is 198 g/mol. The van der Waals surface area contributed by atoms with Crippen molar-refractivity contribution < 1.29 is 8.42 Å². The smallest absolute Gasteiger partial charge is 0.212 e. The number of rotatable bonds is 4. The van der Waals surface area contributed by atoms with Gasteiger partial charge < -0.3 is 0 Å². The normalized spacial score (nSPS) is 29.6. The van der Waals surface area contributed by atoms with Crippen molar-refractivity contribution in [2.75, 3.05) is 5.75 Å². The van der Waals surface area contributed by atoms with Crippen molar-refractivity contribution in [3.05, 3.63) is 0 Å². The highest BCUT2D eigenvalue weighted by molar-refractivity contribution is 7.89. The average Bonchev–Trinajstić information content (AvgIpc) is 2.47. The molecular formula is C10H21NO2S. The molecule has 0 bridgehead atoms. The third-order valence-corrected chi connectivity index (χ3v) is 5.19. The van der Waals surface area contributed by atoms with Crippen LogP contribution in [0.4, 0.5) is 0 Å². The van der Waals surface area contributed by atoms with Crippen LogP contribution in [-0.2, 0) is 10.0 Å². The number of hydrogen-bond donors (Lipinski definition) is 0. The van der Waals surface area contributed by atoms with Gasteiger partial charge in [0.1, 0.15) is 0 Å². The fourth-order valence-electron chi connectivity index (χ4n) is 2.30. The van der Waals surface area contributed by atoms with Crippen molar-refractivity contribution in [2.45, 2.75) is 58.5 Å². The molecule has 0 spiro atoms. The summed E-state index contributed by atoms with van der Waals surface area (Å²) in [6.45, 7) is 6.00. The third-order valence-electron chi connectivity index (χ3n) is 2.97. The summed E-state index contributed by atoms with van der Waals surface area (Å²) >= 11 is 0. The second kappa shape index (κ2) is 4.62. The maximum Gasteiger partial charge on any atom is 0.214 e. The Hall–Kier alpha value is -0.0900. The van der Waals surface area contributed by atoms with Gasteiger partial charge in [0.2, 0.25) is 10.0 Å². The molecule has 0 aromatic heterocycles. The predicted octanol–water partition coefficient (Wildman–Crippen LogP) is 1.99. The van der Waals surface area contributed by atoms with Crippen LogP contribution < -0.4 is 0 Å². The van der Waals surface area contributed by atoms with E-state index >= 15 is 0 Å². The molecule has 4 heteroatoms. The molecule has 1 saturated heterocycles. The van der Waals surface area contributed by atoms with Crippen molar-refractivity contribution in [1.82, 2.24) is 4.31 Å². The fourth-order valence-corrected chi connectivity index (χ4v) is 4.39. The van der Waals surface area contributed by atoms with E-state index in [2.05, 4.69) is 6.92 Å². The van der Waals surface area contributed by atoms with Crippen LogP contribution in [0.3, 0.4) is 0 Å². The van der Waals surface area contributed by atoms with E-state index in [1.54, 1.807) is 4.31 Å². The van der Waals surface area contributed by atoms with E-state index in [9.17, 15) is 8.42 Å². The van der Waals surface area contributed by atoms with Crippen LogP contribution >= 0.6 is 0 Å². The van der Waals surface area contributed by atoms with Crippen LogP contribution in [0.15, 0.2) is 0 Å². The minimum Gasteiger partial charge on any atom is -0.212 e. The zero-order valence-electron chi connectivity index (χ0n) is 9.36. The van der Waals surface area contributed by atoms with E-state index in [0.29, 0.717) is 12.2 Å². The molecule has 2 unspecified atom stereocenters. The van der Waals surface area contributed by atoms with Gasteiger partial charge in [-0.25, -0.2) is 8.42 Å². The molecule has 0 aromatic rings. The molecule has 2 atom stereocenters. The molecule has 3 nitrogen and oxygen atoms in total. The molecule has 0 amide bonds. The number of hydrogen-bond acceptors (Lipinski definition) is 2. The van der Waals surface area contributed by atoms with Crippen molar-refractivity contribution in [2.24, 2.45) is 0 Å². The van der Waals surface area contributed by atoms with Gasteiger partial charge in [0.05, 0.1) is 5.75 Å². The van der Waals surface area contributed by atoms with Gasteiger partial charge >= 0.3 is 0 Å². The topological polar surface area (TPSA) is 37.4 Å². The molecule has 1 aliphatic rings. The molecule has 0 aliphatic carbocycles. The molecule has 14 heavy (non-hydrogen) atoms. The maximum atomic E-state index is 11.9. The summed E-state index contributed by atoms with van der Waals surface area (Å²) in [6.07, 6.45) is 3.69. The van der Waals surface area contributed by atoms with Crippen molar-refractivity contribution in [3.63, 3.8) is 0 Å². The van der Waals surface area contributed by atoms with Crippen molar-refractivity contribution >= 4 is 10.0 Å². The van der Waals surface area contributed by atoms with Gasteiger partial charge in [0.25, 0.3) is 0 Å². The molecule has 0 aromatic carbocycles. The Morgan fingerprint density at radius 1 is 1.29 bits per heavy atom. The van der Waals surface area contributed by atoms with Crippen LogP contribution in [0.2, 0.25) is 0 Å². The lowest BCUT2D eigenvalue weighted by Gasteiger charge is -2.26. The largest absolute Gasteiger partial charge is 0.214 e. The fraction of sp³-hybridized carbons (Fsp3) is 1.00. The first-order chi connectivity index (χ1) is 6.53. The Bertz CT molecular complexity index is 274. The van der Waals surface area contributed by atoms with Crippen LogP contribution in [0.1, 0.15) is 46.5 Å². The summed E-state index contributed by atoms with van der Waals surface area (Å²) in [5, 5.41) is 0. The SMILES string of the molecule is CCCS(=O)(=O)N1C(C)CCC1CC. The van der Waals surface area contributed by atoms with Crippen LogP contribution in [0.5, 0.6) is 0 Å². The standard InChI is InChI=1S/C10H21NO2S/c1-4-8-14(12,13)11-9(3)6-7-10(11)5-2/h9-10H,4-8H2,1-3H3. The van der Waals surface area contributed by atoms with Gasteiger partial charge in [-0.15, -0.1) is 0 Å². The highest BCUT2D eigenvalue weighted by Crippen LogP contribution is 2.29. The lowest BCUT2D eigenvalue weighted by molar-refractivity contribution is 0.328. The lowest BCUT2D eigenvalue weighted by atomic mass is 10.2. The highest BCUT2D eigenvalue weighted by Gasteiger charge is 2.37. The van der Waals surface area contributed by atoms with E-state index < -0.39 is 10.0 Å². The zero-order valence-corrected chi connectivity index (χ0v) is 10.2. The van der Waals surface area contributed by atoms with Gasteiger partial charge in [-0.3, -0.25) is 0 Å². The molecule has 0 N–H and O–H groups in total. The van der Waals surface area contributed by atoms with Gasteiger partial charge in [0.15, 0.2) is 0 Å². The van der Waals surface area contributed by atoms with Gasteiger partial charge in [-0.05, 0) is 32.6 Å². The van der Waals surface area contributed by atoms with E-state index in [1.807, 2.05) is 13.8 Å². The number of sulfonamides is 1. The Morgan fingerprint density at radius 2 is 1.93 bits per heavy atom. The molecule has 1 rings (SSSR count). The predicted molar refractivity (Wildman–Crippen MR) is 58.7 cm³/mol. The minimum absolute atomic E-state index is 0.205. The van der Waals surface area contributed by atoms with Crippen LogP contribution in [0, 0.1) is 0 Å². The first-order valence-corrected chi connectivity index (χ1v) is 7.15. The van der Waals surface area contributed by atoms with Gasteiger partial charge in [-0.1, -0.05) is 13.8 Å². The summed E-state index contributed by atoms with van der Waals surface area (Å²) in [7, 11) is -2.99. The summed E-state index contributed by atoms with van der Waals surface area (Å²) < 4.78 is 25.6. The van der Waals surface area contributed by atoms with E-state index in [0.717, 1.165) is 19.3 Å². The summed E-state index contributed by atoms with van der Waals surface area (Å²) in [5.74, 6) is 0.299. The maximum absolute atomic E-state index is 11.9. The van der Waals surface area contributed by atoms with E-state index in [1.165, 1.54) is 0 Å². The molecule has 1 fully saturated rings. The van der Waals surface area contributed by atoms with Crippen LogP contribution in [-0.4, -0.2) is 30.6 Å². The first-order valence-electron chi connectivity index (χ1n) is 5.54. The Balaban J connectivity index is 2.83. The summed E-state index contributed by atoms with van der Waals surface area (Å²) in [4.78, 5) is 0. The quantitative estimate of drug-likeness (QED) is 0.725. The summed E-state index contributed by atoms with van der Waals surface area (Å²) in [6, 6.07) is 0.457. The Kier molecular flexibility index (Phi) is 3.95. The van der Waals surface area contributed by atoms with Crippen molar-refractivity contribution in [3.8, 4) is 0 Å². The average molecular weight is 219 g/mol. The Labute approximate surface area is 87.5 Å². The number of nitrogens with zero attached hydrogens (tertiary/aromatic N) is 1. The molecule has 1 aliphatic heterocycles. The van der Waals surface area contributed by atoms with E-state index in [4.69, 9.17) is 0 Å². The Morgan fingerprint density at radius 3 is 2.43 bits per heavy atom. The molecule has 0 radical (unpaired) electrons. The minimum atomic E-state index is -2.99. The summed E-state index contributed by atoms with van der Waals surface area (Å²) in [5.41, 5.74) is 0. The van der Waals surface area contributed by atoms with Gasteiger partial charge in [0, 0.05) is 12.1 Å². The van der Waals surface area contributed by atoms with E-state index in [-0.39, 0.29) is 12.1 Å². The lowest BCUT2D eigenvalue weighted by Crippen LogP contribution is -2.40.